The van der Waals surface area contributed by atoms with Crippen LogP contribution in [-0.2, 0) is 9.53 Å². The zero-order valence-corrected chi connectivity index (χ0v) is 10.7. The van der Waals surface area contributed by atoms with Crippen molar-refractivity contribution in [2.75, 3.05) is 18.5 Å². The summed E-state index contributed by atoms with van der Waals surface area (Å²) >= 11 is 0. The lowest BCUT2D eigenvalue weighted by atomic mass is 9.92. The molecule has 1 aliphatic rings. The number of rotatable bonds is 3. The lowest BCUT2D eigenvalue weighted by Gasteiger charge is -2.26. The monoisotopic (exact) mass is 248 g/mol. The van der Waals surface area contributed by atoms with Crippen molar-refractivity contribution in [2.24, 2.45) is 11.7 Å². The lowest BCUT2D eigenvalue weighted by Crippen LogP contribution is -2.44. The minimum atomic E-state index is -0.450. The number of para-hydroxylation sites is 1. The number of carbonyl (C=O) groups excluding carboxylic acids is 1. The summed E-state index contributed by atoms with van der Waals surface area (Å²) in [5, 5.41) is 2.90. The van der Waals surface area contributed by atoms with E-state index in [1.165, 1.54) is 0 Å². The molecule has 3 N–H and O–H groups in total. The Morgan fingerprint density at radius 3 is 2.72 bits per heavy atom. The molecule has 1 aromatic carbocycles. The van der Waals surface area contributed by atoms with E-state index in [1.54, 1.807) is 0 Å². The standard InChI is InChI=1S/C14H20N2O2/c1-10-4-2-3-5-12(10)16-14(17)13(15)11-6-8-18-9-7-11/h2-5,11,13H,6-9,15H2,1H3,(H,16,17). The van der Waals surface area contributed by atoms with Crippen LogP contribution in [0.3, 0.4) is 0 Å². The Morgan fingerprint density at radius 1 is 1.39 bits per heavy atom. The predicted octanol–water partition coefficient (Wildman–Crippen LogP) is 1.69. The molecule has 18 heavy (non-hydrogen) atoms. The van der Waals surface area contributed by atoms with Crippen molar-refractivity contribution in [1.29, 1.82) is 0 Å². The summed E-state index contributed by atoms with van der Waals surface area (Å²) in [6.45, 7) is 3.38. The molecule has 1 saturated heterocycles. The third kappa shape index (κ3) is 3.09. The van der Waals surface area contributed by atoms with Gasteiger partial charge >= 0.3 is 0 Å². The maximum atomic E-state index is 12.1. The first-order valence-electron chi connectivity index (χ1n) is 6.38. The third-order valence-corrected chi connectivity index (χ3v) is 3.48. The summed E-state index contributed by atoms with van der Waals surface area (Å²) in [6, 6.07) is 7.26. The minimum Gasteiger partial charge on any atom is -0.381 e. The third-order valence-electron chi connectivity index (χ3n) is 3.48. The van der Waals surface area contributed by atoms with Crippen LogP contribution in [0.2, 0.25) is 0 Å². The first-order valence-corrected chi connectivity index (χ1v) is 6.38. The highest BCUT2D eigenvalue weighted by Crippen LogP contribution is 2.19. The number of benzene rings is 1. The Hall–Kier alpha value is -1.39. The van der Waals surface area contributed by atoms with E-state index in [1.807, 2.05) is 31.2 Å². The van der Waals surface area contributed by atoms with Crippen LogP contribution in [0, 0.1) is 12.8 Å². The number of anilines is 1. The van der Waals surface area contributed by atoms with Gasteiger partial charge in [-0.25, -0.2) is 0 Å². The van der Waals surface area contributed by atoms with Gasteiger partial charge in [-0.15, -0.1) is 0 Å². The number of ether oxygens (including phenoxy) is 1. The Balaban J connectivity index is 1.97. The topological polar surface area (TPSA) is 64.4 Å². The molecule has 0 aromatic heterocycles. The number of aryl methyl sites for hydroxylation is 1. The van der Waals surface area contributed by atoms with Crippen LogP contribution in [0.4, 0.5) is 5.69 Å². The minimum absolute atomic E-state index is 0.101. The van der Waals surface area contributed by atoms with E-state index in [0.29, 0.717) is 13.2 Å². The quantitative estimate of drug-likeness (QED) is 0.855. The highest BCUT2D eigenvalue weighted by molar-refractivity contribution is 5.95. The van der Waals surface area contributed by atoms with E-state index in [4.69, 9.17) is 10.5 Å². The zero-order valence-electron chi connectivity index (χ0n) is 10.7. The molecule has 0 spiro atoms. The highest BCUT2D eigenvalue weighted by atomic mass is 16.5. The second-order valence-corrected chi connectivity index (χ2v) is 4.78. The van der Waals surface area contributed by atoms with Crippen LogP contribution in [0.15, 0.2) is 24.3 Å². The fourth-order valence-corrected chi connectivity index (χ4v) is 2.22. The van der Waals surface area contributed by atoms with Gasteiger partial charge in [0.25, 0.3) is 0 Å². The second-order valence-electron chi connectivity index (χ2n) is 4.78. The molecule has 0 bridgehead atoms. The molecule has 1 amide bonds. The first kappa shape index (κ1) is 13.1. The normalized spacial score (nSPS) is 18.3. The SMILES string of the molecule is Cc1ccccc1NC(=O)C(N)C1CCOCC1. The average Bonchev–Trinajstić information content (AvgIpc) is 2.41. The molecular weight excluding hydrogens is 228 g/mol. The first-order chi connectivity index (χ1) is 8.68. The Bertz CT molecular complexity index is 414. The molecule has 1 heterocycles. The maximum absolute atomic E-state index is 12.1. The Kier molecular flexibility index (Phi) is 4.33. The van der Waals surface area contributed by atoms with Crippen molar-refractivity contribution in [1.82, 2.24) is 0 Å². The van der Waals surface area contributed by atoms with Crippen LogP contribution in [0.25, 0.3) is 0 Å². The van der Waals surface area contributed by atoms with Crippen LogP contribution in [0.1, 0.15) is 18.4 Å². The lowest BCUT2D eigenvalue weighted by molar-refractivity contribution is -0.119. The van der Waals surface area contributed by atoms with Crippen LogP contribution >= 0.6 is 0 Å². The summed E-state index contributed by atoms with van der Waals surface area (Å²) in [5.41, 5.74) is 7.91. The van der Waals surface area contributed by atoms with Gasteiger partial charge in [-0.2, -0.15) is 0 Å². The van der Waals surface area contributed by atoms with E-state index in [9.17, 15) is 4.79 Å². The summed E-state index contributed by atoms with van der Waals surface area (Å²) < 4.78 is 5.28. The van der Waals surface area contributed by atoms with Gasteiger partial charge < -0.3 is 15.8 Å². The van der Waals surface area contributed by atoms with Crippen LogP contribution in [-0.4, -0.2) is 25.2 Å². The van der Waals surface area contributed by atoms with Crippen molar-refractivity contribution in [3.63, 3.8) is 0 Å². The van der Waals surface area contributed by atoms with Gasteiger partial charge in [0.05, 0.1) is 6.04 Å². The van der Waals surface area contributed by atoms with Gasteiger partial charge in [0.2, 0.25) is 5.91 Å². The van der Waals surface area contributed by atoms with E-state index in [0.717, 1.165) is 24.1 Å². The van der Waals surface area contributed by atoms with Gasteiger partial charge in [0, 0.05) is 18.9 Å². The molecular formula is C14H20N2O2. The average molecular weight is 248 g/mol. The zero-order chi connectivity index (χ0) is 13.0. The van der Waals surface area contributed by atoms with Gasteiger partial charge in [0.1, 0.15) is 0 Å². The molecule has 4 nitrogen and oxygen atoms in total. The molecule has 1 aromatic rings. The summed E-state index contributed by atoms with van der Waals surface area (Å²) in [7, 11) is 0. The van der Waals surface area contributed by atoms with E-state index in [-0.39, 0.29) is 11.8 Å². The fraction of sp³-hybridized carbons (Fsp3) is 0.500. The van der Waals surface area contributed by atoms with Gasteiger partial charge in [-0.05, 0) is 37.3 Å². The fourth-order valence-electron chi connectivity index (χ4n) is 2.22. The number of hydrogen-bond acceptors (Lipinski definition) is 3. The molecule has 1 fully saturated rings. The predicted molar refractivity (Wildman–Crippen MR) is 71.3 cm³/mol. The van der Waals surface area contributed by atoms with Crippen molar-refractivity contribution in [2.45, 2.75) is 25.8 Å². The summed E-state index contributed by atoms with van der Waals surface area (Å²) in [5.74, 6) is 0.124. The summed E-state index contributed by atoms with van der Waals surface area (Å²) in [4.78, 5) is 12.1. The number of nitrogens with one attached hydrogen (secondary N) is 1. The van der Waals surface area contributed by atoms with Crippen molar-refractivity contribution in [3.05, 3.63) is 29.8 Å². The second kappa shape index (κ2) is 5.98. The van der Waals surface area contributed by atoms with Crippen LogP contribution in [0.5, 0.6) is 0 Å². The maximum Gasteiger partial charge on any atom is 0.241 e. The van der Waals surface area contributed by atoms with Crippen molar-refractivity contribution in [3.8, 4) is 0 Å². The number of hydrogen-bond donors (Lipinski definition) is 2. The molecule has 0 aliphatic carbocycles. The molecule has 1 unspecified atom stereocenters. The van der Waals surface area contributed by atoms with Crippen LogP contribution < -0.4 is 11.1 Å². The Morgan fingerprint density at radius 2 is 2.06 bits per heavy atom. The molecule has 0 radical (unpaired) electrons. The molecule has 1 atom stereocenters. The largest absolute Gasteiger partial charge is 0.381 e. The van der Waals surface area contributed by atoms with E-state index >= 15 is 0 Å². The molecule has 1 aliphatic heterocycles. The molecule has 0 saturated carbocycles. The van der Waals surface area contributed by atoms with E-state index < -0.39 is 6.04 Å². The number of carbonyl (C=O) groups is 1. The highest BCUT2D eigenvalue weighted by Gasteiger charge is 2.26. The summed E-state index contributed by atoms with van der Waals surface area (Å²) in [6.07, 6.45) is 1.73. The van der Waals surface area contributed by atoms with Gasteiger partial charge in [0.15, 0.2) is 0 Å². The Labute approximate surface area is 108 Å². The van der Waals surface area contributed by atoms with Crippen molar-refractivity contribution >= 4 is 11.6 Å². The number of nitrogens with two attached hydrogens (primary N) is 1. The van der Waals surface area contributed by atoms with Gasteiger partial charge in [-0.1, -0.05) is 18.2 Å². The molecule has 98 valence electrons. The number of amides is 1. The molecule has 2 rings (SSSR count). The van der Waals surface area contributed by atoms with Gasteiger partial charge in [-0.3, -0.25) is 4.79 Å². The van der Waals surface area contributed by atoms with E-state index in [2.05, 4.69) is 5.32 Å². The smallest absolute Gasteiger partial charge is 0.241 e. The van der Waals surface area contributed by atoms with Crippen molar-refractivity contribution < 1.29 is 9.53 Å². The molecule has 4 heteroatoms.